The molecule has 0 spiro atoms. The molecule has 0 aromatic carbocycles. The smallest absolute Gasteiger partial charge is 0.0893 e. The summed E-state index contributed by atoms with van der Waals surface area (Å²) in [5, 5.41) is 18.5. The first-order valence-electron chi connectivity index (χ1n) is 5.48. The van der Waals surface area contributed by atoms with Crippen LogP contribution in [-0.4, -0.2) is 27.3 Å². The first-order chi connectivity index (χ1) is 7.38. The summed E-state index contributed by atoms with van der Waals surface area (Å²) in [6.07, 6.45) is 4.62. The van der Waals surface area contributed by atoms with Gasteiger partial charge in [-0.05, 0) is 43.1 Å². The quantitative estimate of drug-likeness (QED) is 0.811. The Bertz CT molecular complexity index is 270. The van der Waals surface area contributed by atoms with Crippen LogP contribution in [-0.2, 0) is 6.54 Å². The van der Waals surface area contributed by atoms with Crippen molar-refractivity contribution in [3.63, 3.8) is 0 Å². The Morgan fingerprint density at radius 2 is 2.20 bits per heavy atom. The fourth-order valence-corrected chi connectivity index (χ4v) is 2.51. The van der Waals surface area contributed by atoms with Crippen LogP contribution in [0, 0.1) is 5.92 Å². The molecule has 0 radical (unpaired) electrons. The molecular weight excluding hydrogens is 210 g/mol. The van der Waals surface area contributed by atoms with Crippen molar-refractivity contribution in [1.82, 2.24) is 14.9 Å². The lowest BCUT2D eigenvalue weighted by Crippen LogP contribution is -2.33. The second-order valence-corrected chi connectivity index (χ2v) is 4.79. The molecule has 0 unspecified atom stereocenters. The molecule has 1 fully saturated rings. The Morgan fingerprint density at radius 1 is 1.40 bits per heavy atom. The van der Waals surface area contributed by atoms with Crippen LogP contribution in [0.25, 0.3) is 0 Å². The first-order valence-corrected chi connectivity index (χ1v) is 6.32. The molecule has 84 valence electrons. The molecule has 1 aliphatic carbocycles. The minimum Gasteiger partial charge on any atom is -0.396 e. The maximum absolute atomic E-state index is 9.02. The summed E-state index contributed by atoms with van der Waals surface area (Å²) >= 11 is 1.40. The molecule has 2 rings (SSSR count). The number of rotatable bonds is 4. The normalized spacial score (nSPS) is 26.7. The summed E-state index contributed by atoms with van der Waals surface area (Å²) in [6.45, 7) is 1.17. The Balaban J connectivity index is 1.69. The SMILES string of the molecule is OCC1CCC(NCc2csnn2)CC1. The molecular formula is C10H17N3OS. The van der Waals surface area contributed by atoms with Crippen LogP contribution in [0.15, 0.2) is 5.38 Å². The summed E-state index contributed by atoms with van der Waals surface area (Å²) in [5.41, 5.74) is 1.03. The number of aromatic nitrogens is 2. The van der Waals surface area contributed by atoms with E-state index in [-0.39, 0.29) is 0 Å². The Kier molecular flexibility index (Phi) is 4.05. The van der Waals surface area contributed by atoms with Crippen molar-refractivity contribution in [2.24, 2.45) is 5.92 Å². The largest absolute Gasteiger partial charge is 0.396 e. The zero-order chi connectivity index (χ0) is 10.5. The average molecular weight is 227 g/mol. The van der Waals surface area contributed by atoms with Gasteiger partial charge in [-0.1, -0.05) is 4.49 Å². The molecule has 5 heteroatoms. The van der Waals surface area contributed by atoms with E-state index in [1.54, 1.807) is 0 Å². The van der Waals surface area contributed by atoms with E-state index < -0.39 is 0 Å². The summed E-state index contributed by atoms with van der Waals surface area (Å²) < 4.78 is 3.83. The van der Waals surface area contributed by atoms with Gasteiger partial charge in [0.05, 0.1) is 5.69 Å². The third-order valence-electron chi connectivity index (χ3n) is 3.08. The molecule has 1 heterocycles. The van der Waals surface area contributed by atoms with Crippen molar-refractivity contribution < 1.29 is 5.11 Å². The zero-order valence-corrected chi connectivity index (χ0v) is 9.54. The van der Waals surface area contributed by atoms with Crippen molar-refractivity contribution in [1.29, 1.82) is 0 Å². The van der Waals surface area contributed by atoms with Crippen molar-refractivity contribution in [2.45, 2.75) is 38.3 Å². The summed E-state index contributed by atoms with van der Waals surface area (Å²) in [7, 11) is 0. The minimum atomic E-state index is 0.350. The minimum absolute atomic E-state index is 0.350. The van der Waals surface area contributed by atoms with Crippen molar-refractivity contribution >= 4 is 11.5 Å². The van der Waals surface area contributed by atoms with Crippen LogP contribution >= 0.6 is 11.5 Å². The highest BCUT2D eigenvalue weighted by atomic mass is 32.1. The number of nitrogens with one attached hydrogen (secondary N) is 1. The van der Waals surface area contributed by atoms with E-state index >= 15 is 0 Å². The second-order valence-electron chi connectivity index (χ2n) is 4.18. The van der Waals surface area contributed by atoms with Gasteiger partial charge in [-0.25, -0.2) is 0 Å². The van der Waals surface area contributed by atoms with E-state index in [1.165, 1.54) is 24.4 Å². The third-order valence-corrected chi connectivity index (χ3v) is 3.64. The van der Waals surface area contributed by atoms with Crippen LogP contribution in [0.5, 0.6) is 0 Å². The van der Waals surface area contributed by atoms with Gasteiger partial charge in [0.25, 0.3) is 0 Å². The summed E-state index contributed by atoms with van der Waals surface area (Å²) in [6, 6.07) is 0.592. The van der Waals surface area contributed by atoms with Crippen LogP contribution < -0.4 is 5.32 Å². The van der Waals surface area contributed by atoms with Crippen LogP contribution in [0.1, 0.15) is 31.4 Å². The van der Waals surface area contributed by atoms with Gasteiger partial charge in [0, 0.05) is 24.6 Å². The molecule has 4 nitrogen and oxygen atoms in total. The summed E-state index contributed by atoms with van der Waals surface area (Å²) in [5.74, 6) is 0.531. The van der Waals surface area contributed by atoms with Gasteiger partial charge in [-0.15, -0.1) is 5.10 Å². The lowest BCUT2D eigenvalue weighted by molar-refractivity contribution is 0.175. The second kappa shape index (κ2) is 5.53. The number of hydrogen-bond acceptors (Lipinski definition) is 5. The molecule has 0 saturated heterocycles. The van der Waals surface area contributed by atoms with E-state index in [2.05, 4.69) is 14.9 Å². The van der Waals surface area contributed by atoms with Crippen LogP contribution in [0.2, 0.25) is 0 Å². The highest BCUT2D eigenvalue weighted by molar-refractivity contribution is 7.03. The van der Waals surface area contributed by atoms with Gasteiger partial charge in [-0.2, -0.15) is 0 Å². The molecule has 15 heavy (non-hydrogen) atoms. The number of hydrogen-bond donors (Lipinski definition) is 2. The van der Waals surface area contributed by atoms with Gasteiger partial charge >= 0.3 is 0 Å². The summed E-state index contributed by atoms with van der Waals surface area (Å²) in [4.78, 5) is 0. The molecule has 0 amide bonds. The lowest BCUT2D eigenvalue weighted by Gasteiger charge is -2.27. The molecule has 1 saturated carbocycles. The molecule has 1 aliphatic rings. The highest BCUT2D eigenvalue weighted by Crippen LogP contribution is 2.23. The van der Waals surface area contributed by atoms with Crippen LogP contribution in [0.3, 0.4) is 0 Å². The standard InChI is InChI=1S/C10H17N3OS/c14-6-8-1-3-9(4-2-8)11-5-10-7-15-13-12-10/h7-9,11,14H,1-6H2. The van der Waals surface area contributed by atoms with E-state index in [9.17, 15) is 0 Å². The topological polar surface area (TPSA) is 58.0 Å². The van der Waals surface area contributed by atoms with E-state index in [0.717, 1.165) is 25.1 Å². The average Bonchev–Trinajstić information content (AvgIpc) is 2.80. The number of nitrogens with zero attached hydrogens (tertiary/aromatic N) is 2. The Labute approximate surface area is 93.9 Å². The number of aliphatic hydroxyl groups is 1. The van der Waals surface area contributed by atoms with E-state index in [0.29, 0.717) is 18.6 Å². The van der Waals surface area contributed by atoms with Gasteiger partial charge < -0.3 is 10.4 Å². The Hall–Kier alpha value is -0.520. The van der Waals surface area contributed by atoms with Crippen molar-refractivity contribution in [3.8, 4) is 0 Å². The Morgan fingerprint density at radius 3 is 2.80 bits per heavy atom. The molecule has 2 N–H and O–H groups in total. The van der Waals surface area contributed by atoms with E-state index in [4.69, 9.17) is 5.11 Å². The van der Waals surface area contributed by atoms with Gasteiger partial charge in [-0.3, -0.25) is 0 Å². The fraction of sp³-hybridized carbons (Fsp3) is 0.800. The van der Waals surface area contributed by atoms with Gasteiger partial charge in [0.2, 0.25) is 0 Å². The maximum Gasteiger partial charge on any atom is 0.0893 e. The lowest BCUT2D eigenvalue weighted by atomic mass is 9.86. The predicted molar refractivity (Wildman–Crippen MR) is 59.6 cm³/mol. The molecule has 0 aliphatic heterocycles. The predicted octanol–water partition coefficient (Wildman–Crippen LogP) is 1.18. The maximum atomic E-state index is 9.02. The molecule has 0 atom stereocenters. The first kappa shape index (κ1) is 11.0. The van der Waals surface area contributed by atoms with E-state index in [1.807, 2.05) is 5.38 Å². The van der Waals surface area contributed by atoms with Crippen molar-refractivity contribution in [2.75, 3.05) is 6.61 Å². The highest BCUT2D eigenvalue weighted by Gasteiger charge is 2.19. The monoisotopic (exact) mass is 227 g/mol. The van der Waals surface area contributed by atoms with Gasteiger partial charge in [0.1, 0.15) is 0 Å². The molecule has 1 aromatic rings. The van der Waals surface area contributed by atoms with Crippen LogP contribution in [0.4, 0.5) is 0 Å². The zero-order valence-electron chi connectivity index (χ0n) is 8.72. The van der Waals surface area contributed by atoms with Gasteiger partial charge in [0.15, 0.2) is 0 Å². The third kappa shape index (κ3) is 3.22. The molecule has 1 aromatic heterocycles. The molecule has 0 bridgehead atoms. The fourth-order valence-electron chi connectivity index (χ4n) is 2.06. The number of aliphatic hydroxyl groups excluding tert-OH is 1. The van der Waals surface area contributed by atoms with Crippen molar-refractivity contribution in [3.05, 3.63) is 11.1 Å².